The Kier molecular flexibility index (Phi) is 6.02. The maximum absolute atomic E-state index is 12.5. The molecule has 2 aromatic carbocycles. The fraction of sp³-hybridized carbons (Fsp3) is 0.133. The van der Waals surface area contributed by atoms with Gasteiger partial charge in [0, 0.05) is 8.95 Å². The number of benzene rings is 2. The first-order valence-electron chi connectivity index (χ1n) is 5.82. The van der Waals surface area contributed by atoms with Crippen molar-refractivity contribution in [1.82, 2.24) is 0 Å². The molecule has 0 saturated heterocycles. The number of hydrogen-bond donors (Lipinski definition) is 0. The molecule has 20 heavy (non-hydrogen) atoms. The van der Waals surface area contributed by atoms with E-state index in [9.17, 15) is 4.79 Å². The third kappa shape index (κ3) is 4.03. The number of rotatable bonds is 4. The van der Waals surface area contributed by atoms with E-state index in [4.69, 9.17) is 0 Å². The van der Waals surface area contributed by atoms with Gasteiger partial charge < -0.3 is 0 Å². The van der Waals surface area contributed by atoms with Gasteiger partial charge in [0.25, 0.3) is 0 Å². The van der Waals surface area contributed by atoms with Crippen LogP contribution in [0.1, 0.15) is 20.8 Å². The van der Waals surface area contributed by atoms with Crippen molar-refractivity contribution in [3.05, 3.63) is 68.6 Å². The van der Waals surface area contributed by atoms with Gasteiger partial charge in [-0.05, 0) is 35.4 Å². The summed E-state index contributed by atoms with van der Waals surface area (Å²) in [5.74, 6) is 0.0784. The van der Waals surface area contributed by atoms with Crippen LogP contribution in [0, 0.1) is 0 Å². The Labute approximate surface area is 151 Å². The Morgan fingerprint density at radius 3 is 1.30 bits per heavy atom. The second-order valence-corrected chi connectivity index (χ2v) is 7.89. The molecule has 0 aliphatic carbocycles. The van der Waals surface area contributed by atoms with Gasteiger partial charge in [0.15, 0.2) is 5.78 Å². The third-order valence-corrected chi connectivity index (χ3v) is 5.84. The minimum atomic E-state index is -0.330. The molecule has 104 valence electrons. The van der Waals surface area contributed by atoms with E-state index in [2.05, 4.69) is 63.7 Å². The Hall–Kier alpha value is 0.0300. The molecule has 2 aromatic rings. The van der Waals surface area contributed by atoms with Gasteiger partial charge in [0.1, 0.15) is 0 Å². The summed E-state index contributed by atoms with van der Waals surface area (Å²) in [5, 5.41) is 0. The number of carbonyl (C=O) groups is 1. The highest BCUT2D eigenvalue weighted by Crippen LogP contribution is 2.35. The average molecular weight is 526 g/mol. The molecule has 1 nitrogen and oxygen atoms in total. The van der Waals surface area contributed by atoms with Crippen LogP contribution in [0.15, 0.2) is 57.5 Å². The van der Waals surface area contributed by atoms with Crippen LogP contribution in [0.5, 0.6) is 0 Å². The first kappa shape index (κ1) is 16.4. The van der Waals surface area contributed by atoms with Crippen LogP contribution in [0.4, 0.5) is 0 Å². The standard InChI is InChI=1S/C15H10Br4O/c16-11-5-1-9(2-6-11)13(18)15(20)14(19)10-3-7-12(17)8-4-10/h1-8,13-14H. The molecule has 0 spiro atoms. The van der Waals surface area contributed by atoms with E-state index >= 15 is 0 Å². The molecule has 0 amide bonds. The number of halogens is 4. The van der Waals surface area contributed by atoms with Crippen molar-refractivity contribution in [2.45, 2.75) is 9.65 Å². The van der Waals surface area contributed by atoms with Crippen molar-refractivity contribution in [2.24, 2.45) is 0 Å². The fourth-order valence-electron chi connectivity index (χ4n) is 1.72. The smallest absolute Gasteiger partial charge is 0.168 e. The van der Waals surface area contributed by atoms with E-state index in [1.54, 1.807) is 0 Å². The lowest BCUT2D eigenvalue weighted by atomic mass is 10.0. The highest BCUT2D eigenvalue weighted by molar-refractivity contribution is 9.11. The summed E-state index contributed by atoms with van der Waals surface area (Å²) < 4.78 is 1.99. The van der Waals surface area contributed by atoms with Crippen molar-refractivity contribution in [3.63, 3.8) is 0 Å². The Morgan fingerprint density at radius 2 is 1.00 bits per heavy atom. The zero-order valence-electron chi connectivity index (χ0n) is 10.2. The van der Waals surface area contributed by atoms with Gasteiger partial charge in [-0.15, -0.1) is 0 Å². The van der Waals surface area contributed by atoms with E-state index in [1.165, 1.54) is 0 Å². The largest absolute Gasteiger partial charge is 0.296 e. The molecule has 2 unspecified atom stereocenters. The summed E-state index contributed by atoms with van der Waals surface area (Å²) in [6.07, 6.45) is 0. The van der Waals surface area contributed by atoms with Crippen molar-refractivity contribution >= 4 is 69.5 Å². The van der Waals surface area contributed by atoms with Crippen molar-refractivity contribution < 1.29 is 4.79 Å². The van der Waals surface area contributed by atoms with Crippen molar-refractivity contribution in [1.29, 1.82) is 0 Å². The first-order valence-corrected chi connectivity index (χ1v) is 9.23. The van der Waals surface area contributed by atoms with Gasteiger partial charge in [-0.3, -0.25) is 4.79 Å². The Morgan fingerprint density at radius 1 is 0.700 bits per heavy atom. The molecule has 0 aromatic heterocycles. The van der Waals surface area contributed by atoms with Gasteiger partial charge in [-0.2, -0.15) is 0 Å². The van der Waals surface area contributed by atoms with Crippen molar-refractivity contribution in [2.75, 3.05) is 0 Å². The number of Topliss-reactive ketones (excluding diaryl/α,β-unsaturated/α-hetero) is 1. The quantitative estimate of drug-likeness (QED) is 0.425. The predicted octanol–water partition coefficient (Wildman–Crippen LogP) is 6.35. The average Bonchev–Trinajstić information content (AvgIpc) is 2.46. The van der Waals surface area contributed by atoms with Gasteiger partial charge in [0.05, 0.1) is 9.65 Å². The van der Waals surface area contributed by atoms with Gasteiger partial charge >= 0.3 is 0 Å². The third-order valence-electron chi connectivity index (χ3n) is 2.82. The molecule has 2 atom stereocenters. The van der Waals surface area contributed by atoms with Gasteiger partial charge in [-0.25, -0.2) is 0 Å². The highest BCUT2D eigenvalue weighted by Gasteiger charge is 2.25. The second kappa shape index (κ2) is 7.34. The number of carbonyl (C=O) groups excluding carboxylic acids is 1. The zero-order chi connectivity index (χ0) is 14.7. The molecule has 0 bridgehead atoms. The summed E-state index contributed by atoms with van der Waals surface area (Å²) in [6.45, 7) is 0. The molecule has 0 heterocycles. The molecule has 0 radical (unpaired) electrons. The highest BCUT2D eigenvalue weighted by atomic mass is 79.9. The first-order chi connectivity index (χ1) is 9.49. The lowest BCUT2D eigenvalue weighted by molar-refractivity contribution is -0.118. The number of alkyl halides is 2. The molecule has 0 N–H and O–H groups in total. The molecule has 0 fully saturated rings. The second-order valence-electron chi connectivity index (χ2n) is 4.23. The normalized spacial score (nSPS) is 13.8. The number of hydrogen-bond acceptors (Lipinski definition) is 1. The van der Waals surface area contributed by atoms with E-state index in [1.807, 2.05) is 48.5 Å². The van der Waals surface area contributed by atoms with Crippen LogP contribution >= 0.6 is 63.7 Å². The molecule has 2 rings (SSSR count). The summed E-state index contributed by atoms with van der Waals surface area (Å²) in [5.41, 5.74) is 1.89. The lowest BCUT2D eigenvalue weighted by Gasteiger charge is -2.14. The molecule has 0 saturated carbocycles. The molecular weight excluding hydrogens is 516 g/mol. The minimum absolute atomic E-state index is 0.0784. The number of ketones is 1. The van der Waals surface area contributed by atoms with Gasteiger partial charge in [0.2, 0.25) is 0 Å². The minimum Gasteiger partial charge on any atom is -0.296 e. The molecule has 0 aliphatic heterocycles. The van der Waals surface area contributed by atoms with E-state index in [-0.39, 0.29) is 15.4 Å². The van der Waals surface area contributed by atoms with Gasteiger partial charge in [-0.1, -0.05) is 88.0 Å². The van der Waals surface area contributed by atoms with Crippen molar-refractivity contribution in [3.8, 4) is 0 Å². The zero-order valence-corrected chi connectivity index (χ0v) is 16.5. The summed E-state index contributed by atoms with van der Waals surface area (Å²) in [6, 6.07) is 15.5. The summed E-state index contributed by atoms with van der Waals surface area (Å²) in [4.78, 5) is 11.8. The molecule has 5 heteroatoms. The molecular formula is C15H10Br4O. The SMILES string of the molecule is O=C(C(Br)c1ccc(Br)cc1)C(Br)c1ccc(Br)cc1. The van der Waals surface area contributed by atoms with Crippen LogP contribution < -0.4 is 0 Å². The lowest BCUT2D eigenvalue weighted by Crippen LogP contribution is -2.12. The van der Waals surface area contributed by atoms with E-state index in [0.29, 0.717) is 0 Å². The Balaban J connectivity index is 2.17. The van der Waals surface area contributed by atoms with E-state index in [0.717, 1.165) is 20.1 Å². The van der Waals surface area contributed by atoms with Crippen LogP contribution in [-0.4, -0.2) is 5.78 Å². The van der Waals surface area contributed by atoms with Crippen LogP contribution in [0.3, 0.4) is 0 Å². The topological polar surface area (TPSA) is 17.1 Å². The van der Waals surface area contributed by atoms with Crippen LogP contribution in [0.25, 0.3) is 0 Å². The van der Waals surface area contributed by atoms with Crippen LogP contribution in [-0.2, 0) is 4.79 Å². The molecule has 0 aliphatic rings. The summed E-state index contributed by atoms with van der Waals surface area (Å²) >= 11 is 13.7. The van der Waals surface area contributed by atoms with E-state index < -0.39 is 0 Å². The summed E-state index contributed by atoms with van der Waals surface area (Å²) in [7, 11) is 0. The van der Waals surface area contributed by atoms with Crippen LogP contribution in [0.2, 0.25) is 0 Å². The Bertz CT molecular complexity index is 539. The monoisotopic (exact) mass is 522 g/mol. The predicted molar refractivity (Wildman–Crippen MR) is 96.6 cm³/mol. The maximum Gasteiger partial charge on any atom is 0.168 e. The maximum atomic E-state index is 12.5. The fourth-order valence-corrected chi connectivity index (χ4v) is 3.74.